The van der Waals surface area contributed by atoms with Crippen molar-refractivity contribution in [3.05, 3.63) is 71.9 Å². The Morgan fingerprint density at radius 3 is 2.36 bits per heavy atom. The van der Waals surface area contributed by atoms with Gasteiger partial charge in [0.05, 0.1) is 17.6 Å². The minimum Gasteiger partial charge on any atom is -0.497 e. The second-order valence-electron chi connectivity index (χ2n) is 5.51. The topological polar surface area (TPSA) is 47.9 Å². The van der Waals surface area contributed by atoms with Crippen LogP contribution >= 0.6 is 11.6 Å². The largest absolute Gasteiger partial charge is 0.497 e. The zero-order chi connectivity index (χ0) is 17.2. The first-order valence-electron chi connectivity index (χ1n) is 7.78. The lowest BCUT2D eigenvalue weighted by Gasteiger charge is -2.09. The fraction of sp³-hybridized carbons (Fsp3) is 0.0500. The highest BCUT2D eigenvalue weighted by molar-refractivity contribution is 6.31. The molecule has 0 fully saturated rings. The molecule has 0 unspecified atom stereocenters. The number of hydrogen-bond donors (Lipinski definition) is 0. The van der Waals surface area contributed by atoms with Crippen LogP contribution in [0.2, 0.25) is 5.02 Å². The number of ether oxygens (including phenoxy) is 1. The van der Waals surface area contributed by atoms with Crippen LogP contribution in [0.25, 0.3) is 33.7 Å². The Balaban J connectivity index is 1.96. The molecule has 0 radical (unpaired) electrons. The van der Waals surface area contributed by atoms with Crippen molar-refractivity contribution in [3.63, 3.8) is 0 Å². The average Bonchev–Trinajstić information content (AvgIpc) is 2.67. The van der Waals surface area contributed by atoms with Crippen LogP contribution in [0.4, 0.5) is 0 Å². The maximum Gasteiger partial charge on any atom is 0.160 e. The molecule has 2 heterocycles. The van der Waals surface area contributed by atoms with E-state index < -0.39 is 0 Å². The third-order valence-electron chi connectivity index (χ3n) is 3.90. The number of nitrogens with zero attached hydrogens (tertiary/aromatic N) is 3. The minimum atomic E-state index is 0.547. The van der Waals surface area contributed by atoms with E-state index in [2.05, 4.69) is 9.97 Å². The van der Waals surface area contributed by atoms with Crippen molar-refractivity contribution < 1.29 is 4.74 Å². The fourth-order valence-electron chi connectivity index (χ4n) is 2.66. The van der Waals surface area contributed by atoms with E-state index in [0.29, 0.717) is 16.4 Å². The van der Waals surface area contributed by atoms with Crippen LogP contribution in [-0.2, 0) is 0 Å². The third kappa shape index (κ3) is 3.04. The number of benzene rings is 2. The number of pyridine rings is 1. The SMILES string of the molecule is COc1ccc(-c2nc(-c3ccccc3)c3ncc(Cl)cc3n2)cc1. The molecule has 4 rings (SSSR count). The first-order valence-corrected chi connectivity index (χ1v) is 8.15. The van der Waals surface area contributed by atoms with Crippen LogP contribution in [0.15, 0.2) is 66.9 Å². The van der Waals surface area contributed by atoms with Gasteiger partial charge in [0, 0.05) is 17.3 Å². The summed E-state index contributed by atoms with van der Waals surface area (Å²) in [5, 5.41) is 0.547. The number of halogens is 1. The normalized spacial score (nSPS) is 10.8. The Labute approximate surface area is 150 Å². The minimum absolute atomic E-state index is 0.547. The van der Waals surface area contributed by atoms with Gasteiger partial charge in [0.25, 0.3) is 0 Å². The zero-order valence-electron chi connectivity index (χ0n) is 13.5. The second-order valence-corrected chi connectivity index (χ2v) is 5.95. The van der Waals surface area contributed by atoms with Crippen molar-refractivity contribution in [3.8, 4) is 28.4 Å². The van der Waals surface area contributed by atoms with Crippen molar-refractivity contribution in [1.82, 2.24) is 15.0 Å². The van der Waals surface area contributed by atoms with E-state index in [4.69, 9.17) is 21.3 Å². The van der Waals surface area contributed by atoms with Gasteiger partial charge >= 0.3 is 0 Å². The van der Waals surface area contributed by atoms with Gasteiger partial charge in [-0.05, 0) is 30.3 Å². The van der Waals surface area contributed by atoms with Crippen molar-refractivity contribution in [2.45, 2.75) is 0 Å². The van der Waals surface area contributed by atoms with Gasteiger partial charge in [-0.1, -0.05) is 41.9 Å². The Morgan fingerprint density at radius 1 is 0.880 bits per heavy atom. The molecule has 0 saturated heterocycles. The molecule has 0 aliphatic rings. The van der Waals surface area contributed by atoms with Gasteiger partial charge in [-0.3, -0.25) is 4.98 Å². The summed E-state index contributed by atoms with van der Waals surface area (Å²) in [7, 11) is 1.64. The summed E-state index contributed by atoms with van der Waals surface area (Å²) in [5.74, 6) is 1.41. The summed E-state index contributed by atoms with van der Waals surface area (Å²) in [4.78, 5) is 13.9. The van der Waals surface area contributed by atoms with Crippen molar-refractivity contribution in [2.24, 2.45) is 0 Å². The van der Waals surface area contributed by atoms with Gasteiger partial charge in [0.1, 0.15) is 17.0 Å². The van der Waals surface area contributed by atoms with E-state index in [1.54, 1.807) is 13.3 Å². The predicted molar refractivity (Wildman–Crippen MR) is 99.8 cm³/mol. The van der Waals surface area contributed by atoms with Crippen molar-refractivity contribution >= 4 is 22.6 Å². The van der Waals surface area contributed by atoms with E-state index in [9.17, 15) is 0 Å². The van der Waals surface area contributed by atoms with Crippen LogP contribution < -0.4 is 4.74 Å². The molecule has 0 atom stereocenters. The Morgan fingerprint density at radius 2 is 1.64 bits per heavy atom. The molecular weight excluding hydrogens is 334 g/mol. The summed E-state index contributed by atoms with van der Waals surface area (Å²) >= 11 is 6.12. The lowest BCUT2D eigenvalue weighted by molar-refractivity contribution is 0.415. The predicted octanol–water partition coefficient (Wildman–Crippen LogP) is 5.02. The average molecular weight is 348 g/mol. The molecule has 0 bridgehead atoms. The monoisotopic (exact) mass is 347 g/mol. The van der Waals surface area contributed by atoms with Crippen LogP contribution in [0.3, 0.4) is 0 Å². The second kappa shape index (κ2) is 6.49. The van der Waals surface area contributed by atoms with Crippen molar-refractivity contribution in [2.75, 3.05) is 7.11 Å². The van der Waals surface area contributed by atoms with E-state index in [1.165, 1.54) is 0 Å². The molecule has 4 aromatic rings. The maximum absolute atomic E-state index is 6.12. The number of aromatic nitrogens is 3. The van der Waals surface area contributed by atoms with Crippen LogP contribution in [-0.4, -0.2) is 22.1 Å². The fourth-order valence-corrected chi connectivity index (χ4v) is 2.81. The molecule has 0 aliphatic carbocycles. The molecule has 0 amide bonds. The zero-order valence-corrected chi connectivity index (χ0v) is 14.2. The lowest BCUT2D eigenvalue weighted by Crippen LogP contribution is -1.97. The number of hydrogen-bond acceptors (Lipinski definition) is 4. The summed E-state index contributed by atoms with van der Waals surface area (Å²) < 4.78 is 5.22. The highest BCUT2D eigenvalue weighted by Crippen LogP contribution is 2.29. The Hall–Kier alpha value is -2.98. The standard InChI is InChI=1S/C20H14ClN3O/c1-25-16-9-7-14(8-10-16)20-23-17-11-15(21)12-22-19(17)18(24-20)13-5-3-2-4-6-13/h2-12H,1H3. The molecule has 0 saturated carbocycles. The molecule has 4 nitrogen and oxygen atoms in total. The van der Waals surface area contributed by atoms with E-state index >= 15 is 0 Å². The lowest BCUT2D eigenvalue weighted by atomic mass is 10.1. The highest BCUT2D eigenvalue weighted by Gasteiger charge is 2.13. The quantitative estimate of drug-likeness (QED) is 0.522. The van der Waals surface area contributed by atoms with E-state index in [-0.39, 0.29) is 0 Å². The van der Waals surface area contributed by atoms with Gasteiger partial charge in [-0.25, -0.2) is 9.97 Å². The molecule has 5 heteroatoms. The molecular formula is C20H14ClN3O. The number of fused-ring (bicyclic) bond motifs is 1. The molecule has 2 aromatic carbocycles. The molecule has 0 N–H and O–H groups in total. The summed E-state index contributed by atoms with van der Waals surface area (Å²) in [6, 6.07) is 19.4. The maximum atomic E-state index is 6.12. The summed E-state index contributed by atoms with van der Waals surface area (Å²) in [5.41, 5.74) is 4.12. The molecule has 0 spiro atoms. The molecule has 0 aliphatic heterocycles. The molecule has 2 aromatic heterocycles. The van der Waals surface area contributed by atoms with Crippen LogP contribution in [0.5, 0.6) is 5.75 Å². The van der Waals surface area contributed by atoms with E-state index in [1.807, 2.05) is 60.7 Å². The molecule has 25 heavy (non-hydrogen) atoms. The van der Waals surface area contributed by atoms with E-state index in [0.717, 1.165) is 28.1 Å². The Kier molecular flexibility index (Phi) is 4.04. The van der Waals surface area contributed by atoms with Gasteiger partial charge in [0.15, 0.2) is 5.82 Å². The summed E-state index contributed by atoms with van der Waals surface area (Å²) in [6.45, 7) is 0. The van der Waals surface area contributed by atoms with Crippen LogP contribution in [0.1, 0.15) is 0 Å². The van der Waals surface area contributed by atoms with Gasteiger partial charge in [0.2, 0.25) is 0 Å². The van der Waals surface area contributed by atoms with Gasteiger partial charge in [-0.2, -0.15) is 0 Å². The first-order chi connectivity index (χ1) is 12.2. The third-order valence-corrected chi connectivity index (χ3v) is 4.10. The summed E-state index contributed by atoms with van der Waals surface area (Å²) in [6.07, 6.45) is 1.62. The van der Waals surface area contributed by atoms with Crippen molar-refractivity contribution in [1.29, 1.82) is 0 Å². The smallest absolute Gasteiger partial charge is 0.160 e. The van der Waals surface area contributed by atoms with Gasteiger partial charge < -0.3 is 4.74 Å². The Bertz CT molecular complexity index is 1030. The molecule has 122 valence electrons. The number of rotatable bonds is 3. The number of methoxy groups -OCH3 is 1. The van der Waals surface area contributed by atoms with Crippen LogP contribution in [0, 0.1) is 0 Å². The van der Waals surface area contributed by atoms with Gasteiger partial charge in [-0.15, -0.1) is 0 Å². The highest BCUT2D eigenvalue weighted by atomic mass is 35.5. The first kappa shape index (κ1) is 15.5.